The van der Waals surface area contributed by atoms with E-state index in [1.807, 2.05) is 61.5 Å². The number of benzene rings is 5. The Balaban J connectivity index is 0.000000198. The van der Waals surface area contributed by atoms with Crippen molar-refractivity contribution < 1.29 is 10.0 Å². The zero-order chi connectivity index (χ0) is 42.5. The van der Waals surface area contributed by atoms with Gasteiger partial charge >= 0.3 is 7.12 Å². The average molecular weight is 854 g/mol. The fraction of sp³-hybridized carbons (Fsp3) is 0.396. The number of hydrogen-bond acceptors (Lipinski definition) is 5. The van der Waals surface area contributed by atoms with Crippen molar-refractivity contribution in [1.82, 2.24) is 4.90 Å². The van der Waals surface area contributed by atoms with Crippen LogP contribution in [0.25, 0.3) is 11.1 Å². The number of piperidine rings is 1. The Morgan fingerprint density at radius 3 is 1.54 bits per heavy atom. The standard InChI is InChI=1S/C24H38NP.C14H11N.C7H9BO2.C7H4ClN.CH4/c1-5-13-21(14-6-1)24(25-19-11-4-12-20-25)26(22-15-7-2-8-16-22)23-17-9-3-10-18-23;1-11-6-8-12(9-7-11)14-5-3-2-4-13(14)10-15;1-6-2-4-7(5-3-6)8(9)10;8-7-4-2-1-3-6(7)5-9;/h1,5-6,13-14,22-24H,2-4,7-12,15-20H2;2-9H,1H3;2-5,9-10H,1H3;1-4H;1H4. The minimum atomic E-state index is -1.35. The highest BCUT2D eigenvalue weighted by molar-refractivity contribution is 7.59. The molecule has 0 spiro atoms. The summed E-state index contributed by atoms with van der Waals surface area (Å²) in [7, 11) is -1.28. The number of aryl methyl sites for hydroxylation is 2. The van der Waals surface area contributed by atoms with Gasteiger partial charge in [0.2, 0.25) is 0 Å². The van der Waals surface area contributed by atoms with Gasteiger partial charge in [0.05, 0.1) is 28.0 Å². The quantitative estimate of drug-likeness (QED) is 0.126. The van der Waals surface area contributed by atoms with Crippen LogP contribution >= 0.6 is 19.5 Å². The van der Waals surface area contributed by atoms with E-state index in [1.54, 1.807) is 42.0 Å². The van der Waals surface area contributed by atoms with Crippen LogP contribution in [0.3, 0.4) is 0 Å². The first-order valence-corrected chi connectivity index (χ1v) is 23.9. The van der Waals surface area contributed by atoms with E-state index < -0.39 is 7.12 Å². The smallest absolute Gasteiger partial charge is 0.423 e. The van der Waals surface area contributed by atoms with Crippen molar-refractivity contribution in [3.63, 3.8) is 0 Å². The van der Waals surface area contributed by atoms with Crippen LogP contribution in [0.1, 0.15) is 124 Å². The van der Waals surface area contributed by atoms with Crippen molar-refractivity contribution >= 4 is 32.1 Å². The first-order chi connectivity index (χ1) is 29.3. The number of likely N-dealkylation sites (tertiary alicyclic amines) is 1. The molecule has 0 radical (unpaired) electrons. The number of rotatable bonds is 7. The highest BCUT2D eigenvalue weighted by Crippen LogP contribution is 2.65. The Morgan fingerprint density at radius 2 is 1.05 bits per heavy atom. The van der Waals surface area contributed by atoms with Crippen LogP contribution in [0, 0.1) is 36.5 Å². The van der Waals surface area contributed by atoms with Gasteiger partial charge in [0, 0.05) is 0 Å². The molecule has 2 N–H and O–H groups in total. The highest BCUT2D eigenvalue weighted by Gasteiger charge is 2.40. The van der Waals surface area contributed by atoms with E-state index in [0.29, 0.717) is 16.0 Å². The summed E-state index contributed by atoms with van der Waals surface area (Å²) < 4.78 is 0. The molecule has 1 aliphatic heterocycles. The molecule has 3 aliphatic rings. The molecule has 1 unspecified atom stereocenters. The summed E-state index contributed by atoms with van der Waals surface area (Å²) in [4.78, 5) is 2.94. The van der Waals surface area contributed by atoms with Crippen molar-refractivity contribution in [3.05, 3.63) is 160 Å². The summed E-state index contributed by atoms with van der Waals surface area (Å²) in [6, 6.07) is 45.8. The van der Waals surface area contributed by atoms with Gasteiger partial charge in [0.1, 0.15) is 6.07 Å². The molecule has 61 heavy (non-hydrogen) atoms. The first kappa shape index (κ1) is 49.4. The maximum absolute atomic E-state index is 8.98. The summed E-state index contributed by atoms with van der Waals surface area (Å²) in [5, 5.41) is 35.2. The zero-order valence-electron chi connectivity index (χ0n) is 35.6. The fourth-order valence-corrected chi connectivity index (χ4v) is 13.3. The minimum absolute atomic E-state index is 0. The molecule has 2 aliphatic carbocycles. The molecule has 8 rings (SSSR count). The number of nitriles is 2. The lowest BCUT2D eigenvalue weighted by Crippen LogP contribution is -2.37. The van der Waals surface area contributed by atoms with Crippen molar-refractivity contribution in [1.29, 1.82) is 10.5 Å². The minimum Gasteiger partial charge on any atom is -0.423 e. The normalized spacial score (nSPS) is 16.0. The van der Waals surface area contributed by atoms with E-state index in [1.165, 1.54) is 102 Å². The highest BCUT2D eigenvalue weighted by atomic mass is 35.5. The van der Waals surface area contributed by atoms with Gasteiger partial charge in [0.15, 0.2) is 0 Å². The van der Waals surface area contributed by atoms with E-state index in [9.17, 15) is 0 Å². The van der Waals surface area contributed by atoms with Crippen molar-refractivity contribution in [2.45, 2.75) is 122 Å². The van der Waals surface area contributed by atoms with Crippen LogP contribution in [0.15, 0.2) is 127 Å². The fourth-order valence-electron chi connectivity index (χ4n) is 8.67. The van der Waals surface area contributed by atoms with E-state index in [2.05, 4.69) is 60.4 Å². The Hall–Kier alpha value is -4.26. The van der Waals surface area contributed by atoms with Gasteiger partial charge in [-0.3, -0.25) is 4.90 Å². The summed E-state index contributed by atoms with van der Waals surface area (Å²) in [5.41, 5.74) is 9.95. The lowest BCUT2D eigenvalue weighted by atomic mass is 9.80. The second-order valence-electron chi connectivity index (χ2n) is 16.3. The van der Waals surface area contributed by atoms with Crippen LogP contribution in [0.4, 0.5) is 0 Å². The molecule has 5 aromatic rings. The second-order valence-corrected chi connectivity index (χ2v) is 19.6. The third-order valence-corrected chi connectivity index (χ3v) is 16.1. The van der Waals surface area contributed by atoms with Gasteiger partial charge in [0.25, 0.3) is 0 Å². The Morgan fingerprint density at radius 1 is 0.590 bits per heavy atom. The molecule has 5 nitrogen and oxygen atoms in total. The summed E-state index contributed by atoms with van der Waals surface area (Å²) in [5.74, 6) is 0.748. The van der Waals surface area contributed by atoms with Crippen molar-refractivity contribution in [2.75, 3.05) is 13.1 Å². The summed E-state index contributed by atoms with van der Waals surface area (Å²) in [6.45, 7) is 6.70. The Kier molecular flexibility index (Phi) is 21.8. The molecule has 0 bridgehead atoms. The third kappa shape index (κ3) is 15.6. The van der Waals surface area contributed by atoms with Crippen LogP contribution in [-0.4, -0.2) is 46.5 Å². The zero-order valence-corrected chi connectivity index (χ0v) is 37.3. The molecular weight excluding hydrogens is 788 g/mol. The predicted octanol–water partition coefficient (Wildman–Crippen LogP) is 13.4. The second kappa shape index (κ2) is 26.9. The van der Waals surface area contributed by atoms with Gasteiger partial charge in [-0.15, -0.1) is 0 Å². The maximum Gasteiger partial charge on any atom is 0.488 e. The molecule has 1 atom stereocenters. The van der Waals surface area contributed by atoms with Crippen LogP contribution in [-0.2, 0) is 0 Å². The van der Waals surface area contributed by atoms with E-state index in [-0.39, 0.29) is 15.3 Å². The molecule has 0 aromatic heterocycles. The van der Waals surface area contributed by atoms with Crippen molar-refractivity contribution in [2.24, 2.45) is 0 Å². The lowest BCUT2D eigenvalue weighted by molar-refractivity contribution is 0.208. The third-order valence-electron chi connectivity index (χ3n) is 11.9. The summed E-state index contributed by atoms with van der Waals surface area (Å²) in [6.07, 6.45) is 19.4. The lowest BCUT2D eigenvalue weighted by Gasteiger charge is -2.48. The van der Waals surface area contributed by atoms with Gasteiger partial charge in [-0.2, -0.15) is 10.5 Å². The largest absolute Gasteiger partial charge is 0.488 e. The van der Waals surface area contributed by atoms with Gasteiger partial charge < -0.3 is 10.0 Å². The molecular formula is C53H66BClN3O2P. The maximum atomic E-state index is 8.98. The van der Waals surface area contributed by atoms with E-state index in [4.69, 9.17) is 32.2 Å². The first-order valence-electron chi connectivity index (χ1n) is 22.0. The SMILES string of the molecule is C.Cc1ccc(-c2ccccc2C#N)cc1.Cc1ccc(B(O)O)cc1.N#Cc1ccccc1Cl.c1ccc(C(N2CCCCC2)P(C2CCCCC2)C2CCCCC2)cc1. The Bertz CT molecular complexity index is 2050. The number of hydrogen-bond donors (Lipinski definition) is 2. The van der Waals surface area contributed by atoms with E-state index in [0.717, 1.165) is 39.4 Å². The predicted molar refractivity (Wildman–Crippen MR) is 261 cm³/mol. The average Bonchev–Trinajstić information content (AvgIpc) is 3.30. The van der Waals surface area contributed by atoms with Crippen LogP contribution in [0.5, 0.6) is 0 Å². The summed E-state index contributed by atoms with van der Waals surface area (Å²) >= 11 is 5.60. The molecule has 0 amide bonds. The van der Waals surface area contributed by atoms with E-state index >= 15 is 0 Å². The molecule has 1 heterocycles. The van der Waals surface area contributed by atoms with Gasteiger partial charge in [-0.1, -0.05) is 192 Å². The molecule has 1 saturated heterocycles. The van der Waals surface area contributed by atoms with Gasteiger partial charge in [-0.05, 0) is 117 Å². The monoisotopic (exact) mass is 853 g/mol. The topological polar surface area (TPSA) is 91.3 Å². The molecule has 8 heteroatoms. The number of nitrogens with zero attached hydrogens (tertiary/aromatic N) is 3. The van der Waals surface area contributed by atoms with Crippen LogP contribution in [0.2, 0.25) is 5.02 Å². The van der Waals surface area contributed by atoms with Crippen LogP contribution < -0.4 is 5.46 Å². The molecule has 5 aromatic carbocycles. The molecule has 320 valence electrons. The Labute approximate surface area is 374 Å². The molecule has 3 fully saturated rings. The number of halogens is 1. The molecule has 2 saturated carbocycles. The van der Waals surface area contributed by atoms with Crippen molar-refractivity contribution in [3.8, 4) is 23.3 Å². The van der Waals surface area contributed by atoms with Gasteiger partial charge in [-0.25, -0.2) is 0 Å².